The van der Waals surface area contributed by atoms with Crippen LogP contribution >= 0.6 is 23.2 Å². The van der Waals surface area contributed by atoms with Crippen LogP contribution in [0.25, 0.3) is 69.1 Å². The van der Waals surface area contributed by atoms with E-state index in [1.807, 2.05) is 6.07 Å². The number of aromatic amines is 1. The highest BCUT2D eigenvalue weighted by Crippen LogP contribution is 2.28. The summed E-state index contributed by atoms with van der Waals surface area (Å²) < 4.78 is 147. The molecular formula is C74H66Cl2N30O12S5. The molecular weight excluding hydrogens is 1730 g/mol. The number of imidazole rings is 2. The number of pyridine rings is 5. The zero-order chi connectivity index (χ0) is 87.5. The van der Waals surface area contributed by atoms with Crippen LogP contribution in [0.1, 0.15) is 45.9 Å². The monoisotopic (exact) mass is 1800 g/mol. The third-order valence-corrected chi connectivity index (χ3v) is 22.1. The normalized spacial score (nSPS) is 11.4. The Labute approximate surface area is 711 Å². The lowest BCUT2D eigenvalue weighted by Crippen LogP contribution is -2.18. The minimum atomic E-state index is -4.06. The highest BCUT2D eigenvalue weighted by Gasteiger charge is 2.26. The third-order valence-electron chi connectivity index (χ3n) is 15.4. The van der Waals surface area contributed by atoms with Crippen LogP contribution in [0.5, 0.6) is 0 Å². The summed E-state index contributed by atoms with van der Waals surface area (Å²) in [6.07, 6.45) is 13.1. The van der Waals surface area contributed by atoms with Gasteiger partial charge in [-0.1, -0.05) is 89.0 Å². The topological polar surface area (TPSA) is 574 Å². The molecule has 628 valence electrons. The van der Waals surface area contributed by atoms with E-state index in [2.05, 4.69) is 143 Å². The first-order valence-corrected chi connectivity index (χ1v) is 44.0. The molecule has 0 fully saturated rings. The Balaban J connectivity index is 0.000000141. The summed E-state index contributed by atoms with van der Waals surface area (Å²) >= 11 is 11.8. The maximum atomic E-state index is 12.6. The molecule has 0 saturated heterocycles. The number of nitrogens with zero attached hydrogens (tertiary/aromatic N) is 24. The van der Waals surface area contributed by atoms with Crippen molar-refractivity contribution in [2.24, 2.45) is 7.05 Å². The molecule has 0 atom stereocenters. The van der Waals surface area contributed by atoms with Gasteiger partial charge >= 0.3 is 0 Å². The molecule has 6 N–H and O–H groups in total. The number of halogens is 2. The Morgan fingerprint density at radius 3 is 1.10 bits per heavy atom. The Morgan fingerprint density at radius 2 is 0.748 bits per heavy atom. The van der Waals surface area contributed by atoms with Gasteiger partial charge in [-0.2, -0.15) is 75.1 Å². The second-order valence-electron chi connectivity index (χ2n) is 25.2. The fourth-order valence-electron chi connectivity index (χ4n) is 10.3. The molecule has 16 aromatic rings. The van der Waals surface area contributed by atoms with Gasteiger partial charge < -0.3 is 18.5 Å². The Kier molecular flexibility index (Phi) is 27.9. The molecule has 49 heteroatoms. The maximum Gasteiger partial charge on any atom is 0.297 e. The molecule has 0 saturated carbocycles. The Bertz CT molecular complexity index is 6940. The summed E-state index contributed by atoms with van der Waals surface area (Å²) in [7, 11) is -17.5. The smallest absolute Gasteiger partial charge is 0.297 e. The first-order valence-electron chi connectivity index (χ1n) is 35.5. The Hall–Kier alpha value is -14.5. The van der Waals surface area contributed by atoms with Crippen molar-refractivity contribution in [2.45, 2.75) is 68.2 Å². The van der Waals surface area contributed by atoms with Gasteiger partial charge in [-0.15, -0.1) is 0 Å². The summed E-state index contributed by atoms with van der Waals surface area (Å²) in [5, 5.41) is 4.08. The van der Waals surface area contributed by atoms with E-state index in [1.165, 1.54) is 59.9 Å². The predicted octanol–water partition coefficient (Wildman–Crippen LogP) is 9.82. The summed E-state index contributed by atoms with van der Waals surface area (Å²) in [5.74, 6) is 3.00. The van der Waals surface area contributed by atoms with Gasteiger partial charge in [0.2, 0.25) is 60.6 Å². The number of rotatable bonds is 23. The van der Waals surface area contributed by atoms with Crippen LogP contribution < -0.4 is 23.6 Å². The number of hydrogen-bond donors (Lipinski definition) is 6. The van der Waals surface area contributed by atoms with Gasteiger partial charge in [-0.05, 0) is 144 Å². The molecule has 0 aliphatic rings. The van der Waals surface area contributed by atoms with Gasteiger partial charge in [-0.25, -0.2) is 65.9 Å². The lowest BCUT2D eigenvalue weighted by molar-refractivity contribution is 0.398. The molecule has 2 aromatic carbocycles. The molecule has 0 amide bonds. The fraction of sp³-hybridized carbons (Fsp3) is 0.122. The summed E-state index contributed by atoms with van der Waals surface area (Å²) in [6, 6.07) is 44.3. The van der Waals surface area contributed by atoms with E-state index in [1.54, 1.807) is 201 Å². The van der Waals surface area contributed by atoms with Crippen molar-refractivity contribution in [3.05, 3.63) is 270 Å². The second-order valence-corrected chi connectivity index (χ2v) is 34.4. The van der Waals surface area contributed by atoms with E-state index in [-0.39, 0.29) is 79.6 Å². The van der Waals surface area contributed by atoms with Gasteiger partial charge in [-0.3, -0.25) is 34.4 Å². The van der Waals surface area contributed by atoms with Gasteiger partial charge in [0.15, 0.2) is 44.9 Å². The van der Waals surface area contributed by atoms with Crippen molar-refractivity contribution in [3.8, 4) is 69.1 Å². The van der Waals surface area contributed by atoms with E-state index in [9.17, 15) is 42.1 Å². The van der Waals surface area contributed by atoms with Crippen molar-refractivity contribution < 1.29 is 51.0 Å². The standard InChI is InChI=1S/C17H14N6O4S.C16H13Cl2N5O2S.C16H15N5O2S.C13H13N7O2S.C12H11N7O2S/c1-10-9-14(27-22-10)13-6-7-15(26-13)28(24,25)23-17-20-11(2)19-16(21-17)12-5-3-4-8-18-12;1-10-20-15(14-4-2-3-5-19-14)22-16(21-10)23-26(24,25)9-11-6-12(17)8-13(18)7-11;1-12-18-15(14-9-5-6-10-17-14)20-16(19-12)21-24(22,23)11-13-7-3-2-4-8-13;1-9-16-12(10-5-3-4-6-15-10)18-13(17-9)19-23(21,22)11-7-14-8-20(11)2;1-8-16-11(9-4-2-3-5-14-9)18-12(17-8)19-22(20,21)10-6-13-7-15-10/h3-9H,1-2H3,(H,19,20,21,23);2-8H,9H2,1H3,(H,20,21,22,23);2-10H,11H2,1H3,(H,18,19,20,21);3-8H,1-2H3,(H,16,17,18,19);2-7H,1H3,(H,13,15)(H,16,17,18,19). The van der Waals surface area contributed by atoms with E-state index >= 15 is 0 Å². The van der Waals surface area contributed by atoms with E-state index < -0.39 is 50.1 Å². The lowest BCUT2D eigenvalue weighted by Gasteiger charge is -2.09. The molecule has 14 heterocycles. The number of hydrogen-bond acceptors (Lipinski definition) is 35. The first-order chi connectivity index (χ1) is 58.7. The third kappa shape index (κ3) is 25.3. The first kappa shape index (κ1) is 87.8. The van der Waals surface area contributed by atoms with Crippen LogP contribution in [0.15, 0.2) is 238 Å². The molecule has 0 aliphatic heterocycles. The van der Waals surface area contributed by atoms with E-state index in [4.69, 9.17) is 32.1 Å². The number of H-pyrrole nitrogens is 1. The molecule has 0 radical (unpaired) electrons. The number of furan rings is 1. The SMILES string of the molecule is Cc1cc(-c2ccc(S(=O)(=O)Nc3nc(C)nc(-c4ccccn4)n3)o2)on1.Cc1nc(NS(=O)(=O)Cc2cc(Cl)cc(Cl)c2)nc(-c2ccccn2)n1.Cc1nc(NS(=O)(=O)Cc2ccccc2)nc(-c2ccccn2)n1.Cc1nc(NS(=O)(=O)c2cnc[nH]2)nc(-c2ccccn2)n1.Cc1nc(NS(=O)(=O)c2cncn2C)nc(-c2ccccn2)n1. The van der Waals surface area contributed by atoms with Gasteiger partial charge in [0.1, 0.15) is 57.6 Å². The van der Waals surface area contributed by atoms with Crippen molar-refractivity contribution in [1.82, 2.24) is 124 Å². The quantitative estimate of drug-likeness (QED) is 0.0347. The summed E-state index contributed by atoms with van der Waals surface area (Å²) in [6.45, 7) is 9.98. The van der Waals surface area contributed by atoms with Gasteiger partial charge in [0.05, 0.1) is 42.2 Å². The second kappa shape index (κ2) is 39.1. The van der Waals surface area contributed by atoms with Crippen molar-refractivity contribution in [2.75, 3.05) is 23.6 Å². The highest BCUT2D eigenvalue weighted by molar-refractivity contribution is 7.93. The molecule has 14 aromatic heterocycles. The van der Waals surface area contributed by atoms with Crippen LogP contribution in [0.4, 0.5) is 29.7 Å². The van der Waals surface area contributed by atoms with Crippen LogP contribution in [-0.2, 0) is 68.7 Å². The van der Waals surface area contributed by atoms with Crippen LogP contribution in [-0.4, -0.2) is 166 Å². The number of nitrogens with one attached hydrogen (secondary N) is 6. The molecule has 0 bridgehead atoms. The highest BCUT2D eigenvalue weighted by atomic mass is 35.5. The van der Waals surface area contributed by atoms with Gasteiger partial charge in [0.25, 0.3) is 30.1 Å². The Morgan fingerprint density at radius 1 is 0.374 bits per heavy atom. The predicted molar refractivity (Wildman–Crippen MR) is 448 cm³/mol. The molecule has 0 unspecified atom stereocenters. The van der Waals surface area contributed by atoms with Crippen LogP contribution in [0.3, 0.4) is 0 Å². The molecule has 123 heavy (non-hydrogen) atoms. The zero-order valence-electron chi connectivity index (χ0n) is 65.1. The van der Waals surface area contributed by atoms with Crippen molar-refractivity contribution in [1.29, 1.82) is 0 Å². The average Bonchev–Trinajstić information content (AvgIpc) is 1.57. The average molecular weight is 1800 g/mol. The number of aromatic nitrogens is 25. The van der Waals surface area contributed by atoms with E-state index in [0.717, 1.165) is 0 Å². The number of benzene rings is 2. The number of sulfonamides is 5. The van der Waals surface area contributed by atoms with Crippen molar-refractivity contribution in [3.63, 3.8) is 0 Å². The minimum Gasteiger partial charge on any atom is -0.439 e. The van der Waals surface area contributed by atoms with Crippen molar-refractivity contribution >= 4 is 103 Å². The lowest BCUT2D eigenvalue weighted by atomic mass is 10.2. The van der Waals surface area contributed by atoms with Gasteiger partial charge in [0, 0.05) is 54.1 Å². The largest absolute Gasteiger partial charge is 0.439 e. The molecule has 0 spiro atoms. The molecule has 0 aliphatic carbocycles. The number of anilines is 5. The van der Waals surface area contributed by atoms with E-state index in [0.29, 0.717) is 102 Å². The fourth-order valence-corrected chi connectivity index (χ4v) is 15.8. The molecule has 42 nitrogen and oxygen atoms in total. The summed E-state index contributed by atoms with van der Waals surface area (Å²) in [5.41, 5.74) is 4.39. The summed E-state index contributed by atoms with van der Waals surface area (Å²) in [4.78, 5) is 92.4. The molecule has 16 rings (SSSR count). The maximum absolute atomic E-state index is 12.6. The van der Waals surface area contributed by atoms with Crippen LogP contribution in [0.2, 0.25) is 10.0 Å². The van der Waals surface area contributed by atoms with Crippen LogP contribution in [0, 0.1) is 41.5 Å². The minimum absolute atomic E-state index is 0.00921. The number of aryl methyl sites for hydroxylation is 7. The zero-order valence-corrected chi connectivity index (χ0v) is 70.6.